The van der Waals surface area contributed by atoms with Crippen molar-refractivity contribution in [3.8, 4) is 56.1 Å². The van der Waals surface area contributed by atoms with Gasteiger partial charge in [0.1, 0.15) is 11.3 Å². The zero-order chi connectivity index (χ0) is 30.3. The largest absolute Gasteiger partial charge is 0.456 e. The van der Waals surface area contributed by atoms with Crippen LogP contribution in [0.3, 0.4) is 0 Å². The second-order valence-electron chi connectivity index (χ2n) is 10.4. The summed E-state index contributed by atoms with van der Waals surface area (Å²) in [6.45, 7) is 0. The Morgan fingerprint density at radius 2 is 1.26 bits per heavy atom. The molecular weight excluding hydrogens is 743 g/mol. The van der Waals surface area contributed by atoms with Gasteiger partial charge in [-0.3, -0.25) is 4.98 Å². The summed E-state index contributed by atoms with van der Waals surface area (Å²) < 4.78 is 6.03. The number of rotatable bonds is 5. The van der Waals surface area contributed by atoms with Gasteiger partial charge in [-0.05, 0) is 64.5 Å². The molecule has 5 heteroatoms. The summed E-state index contributed by atoms with van der Waals surface area (Å²) in [4.78, 5) is 13.1. The van der Waals surface area contributed by atoms with Crippen LogP contribution >= 0.6 is 0 Å². The summed E-state index contributed by atoms with van der Waals surface area (Å²) in [7, 11) is 0. The van der Waals surface area contributed by atoms with Crippen LogP contribution in [0, 0.1) is 12.1 Å². The van der Waals surface area contributed by atoms with Gasteiger partial charge in [0.25, 0.3) is 0 Å². The topological polar surface area (TPSA) is 51.8 Å². The normalized spacial score (nSPS) is 10.4. The molecule has 4 aromatic carbocycles. The fourth-order valence-electron chi connectivity index (χ4n) is 5.10. The molecule has 0 unspecified atom stereocenters. The Bertz CT molecular complexity index is 2100. The van der Waals surface area contributed by atoms with Gasteiger partial charge in [0, 0.05) is 55.8 Å². The van der Waals surface area contributed by atoms with E-state index in [0.717, 1.165) is 67.1 Å². The second-order valence-corrected chi connectivity index (χ2v) is 10.4. The molecule has 0 bridgehead atoms. The Morgan fingerprint density at radius 3 is 2.02 bits per heavy atom. The third-order valence-corrected chi connectivity index (χ3v) is 7.39. The minimum absolute atomic E-state index is 0. The van der Waals surface area contributed by atoms with Crippen molar-refractivity contribution < 1.29 is 24.5 Å². The minimum atomic E-state index is 0. The van der Waals surface area contributed by atoms with Crippen LogP contribution in [0.5, 0.6) is 0 Å². The Kier molecular flexibility index (Phi) is 9.65. The SMILES string of the molecule is [Ir].[c-]1ccc(-c2ccc3oc(-c4cccnc4)cc3c2)cc1-c1ccc(-c2ccccc2)cn1.[c-]1ccccc1-c1ccccn1. The molecule has 0 N–H and O–H groups in total. The molecule has 4 heterocycles. The number of fused-ring (bicyclic) bond motifs is 1. The molecule has 0 amide bonds. The summed E-state index contributed by atoms with van der Waals surface area (Å²) in [5.41, 5.74) is 10.2. The molecule has 4 nitrogen and oxygen atoms in total. The van der Waals surface area contributed by atoms with Crippen LogP contribution < -0.4 is 0 Å². The van der Waals surface area contributed by atoms with Crippen molar-refractivity contribution in [1.29, 1.82) is 0 Å². The summed E-state index contributed by atoms with van der Waals surface area (Å²) in [6.07, 6.45) is 7.28. The fourth-order valence-corrected chi connectivity index (χ4v) is 5.10. The summed E-state index contributed by atoms with van der Waals surface area (Å²) in [5, 5.41) is 1.06. The average Bonchev–Trinajstić information content (AvgIpc) is 3.57. The zero-order valence-electron chi connectivity index (χ0n) is 24.7. The van der Waals surface area contributed by atoms with Crippen molar-refractivity contribution >= 4 is 11.0 Å². The molecule has 0 saturated heterocycles. The first-order valence-corrected chi connectivity index (χ1v) is 14.7. The van der Waals surface area contributed by atoms with Crippen molar-refractivity contribution in [3.63, 3.8) is 0 Å². The monoisotopic (exact) mass is 770 g/mol. The van der Waals surface area contributed by atoms with Gasteiger partial charge in [0.05, 0.1) is 0 Å². The number of hydrogen-bond acceptors (Lipinski definition) is 4. The van der Waals surface area contributed by atoms with Crippen molar-refractivity contribution in [3.05, 3.63) is 176 Å². The van der Waals surface area contributed by atoms with Gasteiger partial charge in [0.2, 0.25) is 0 Å². The third-order valence-electron chi connectivity index (χ3n) is 7.39. The van der Waals surface area contributed by atoms with E-state index in [9.17, 15) is 0 Å². The molecule has 0 atom stereocenters. The van der Waals surface area contributed by atoms with Gasteiger partial charge in [-0.2, -0.15) is 0 Å². The number of benzene rings is 4. The van der Waals surface area contributed by atoms with Gasteiger partial charge in [-0.25, -0.2) is 0 Å². The molecule has 8 rings (SSSR count). The van der Waals surface area contributed by atoms with E-state index in [1.807, 2.05) is 97.3 Å². The first-order valence-electron chi connectivity index (χ1n) is 14.7. The molecule has 0 aliphatic carbocycles. The molecule has 8 aromatic rings. The predicted molar refractivity (Wildman–Crippen MR) is 181 cm³/mol. The Balaban J connectivity index is 0.000000241. The zero-order valence-corrected chi connectivity index (χ0v) is 27.1. The number of aromatic nitrogens is 3. The van der Waals surface area contributed by atoms with Crippen molar-refractivity contribution in [2.24, 2.45) is 0 Å². The minimum Gasteiger partial charge on any atom is -0.456 e. The quantitative estimate of drug-likeness (QED) is 0.164. The van der Waals surface area contributed by atoms with E-state index in [2.05, 4.69) is 76.7 Å². The Hall–Kier alpha value is -5.48. The standard InChI is InChI=1S/C30H19N2O.C11H8N.Ir/c1-2-6-21(7-3-1)25-11-13-28(32-20-25)24-9-4-8-22(16-24)23-12-14-29-27(17-23)18-30(33-29)26-10-5-15-31-19-26;1-2-6-10(7-3-1)11-8-4-5-9-12-11;/h1-8,10-20H;1-6,8-9H;/q2*-1;. The van der Waals surface area contributed by atoms with E-state index in [4.69, 9.17) is 9.40 Å². The molecular formula is C41H27IrN3O-2. The fraction of sp³-hybridized carbons (Fsp3) is 0. The van der Waals surface area contributed by atoms with Crippen molar-refractivity contribution in [1.82, 2.24) is 15.0 Å². The van der Waals surface area contributed by atoms with Crippen LogP contribution in [-0.4, -0.2) is 15.0 Å². The van der Waals surface area contributed by atoms with Crippen LogP contribution in [0.15, 0.2) is 169 Å². The van der Waals surface area contributed by atoms with Gasteiger partial charge < -0.3 is 14.4 Å². The molecule has 4 aromatic heterocycles. The van der Waals surface area contributed by atoms with Crippen LogP contribution in [0.4, 0.5) is 0 Å². The van der Waals surface area contributed by atoms with Gasteiger partial charge in [-0.1, -0.05) is 60.7 Å². The molecule has 0 aliphatic rings. The smallest absolute Gasteiger partial charge is 0.136 e. The number of pyridine rings is 3. The summed E-state index contributed by atoms with van der Waals surface area (Å²) in [6, 6.07) is 53.0. The number of furan rings is 1. The molecule has 0 saturated carbocycles. The third kappa shape index (κ3) is 7.08. The molecule has 46 heavy (non-hydrogen) atoms. The molecule has 1 radical (unpaired) electrons. The maximum Gasteiger partial charge on any atom is 0.136 e. The predicted octanol–water partition coefficient (Wildman–Crippen LogP) is 10.2. The van der Waals surface area contributed by atoms with E-state index in [-0.39, 0.29) is 20.1 Å². The summed E-state index contributed by atoms with van der Waals surface area (Å²) >= 11 is 0. The van der Waals surface area contributed by atoms with Crippen LogP contribution in [0.1, 0.15) is 0 Å². The van der Waals surface area contributed by atoms with Crippen molar-refractivity contribution in [2.75, 3.05) is 0 Å². The maximum absolute atomic E-state index is 6.03. The Labute approximate surface area is 281 Å². The van der Waals surface area contributed by atoms with E-state index in [0.29, 0.717) is 0 Å². The van der Waals surface area contributed by atoms with E-state index >= 15 is 0 Å². The van der Waals surface area contributed by atoms with E-state index in [1.165, 1.54) is 0 Å². The molecule has 0 aliphatic heterocycles. The molecule has 0 spiro atoms. The number of hydrogen-bond donors (Lipinski definition) is 0. The molecule has 223 valence electrons. The second kappa shape index (κ2) is 14.5. The average molecular weight is 770 g/mol. The van der Waals surface area contributed by atoms with Crippen LogP contribution in [-0.2, 0) is 20.1 Å². The van der Waals surface area contributed by atoms with Gasteiger partial charge >= 0.3 is 0 Å². The van der Waals surface area contributed by atoms with E-state index < -0.39 is 0 Å². The maximum atomic E-state index is 6.03. The Morgan fingerprint density at radius 1 is 0.478 bits per heavy atom. The van der Waals surface area contributed by atoms with Gasteiger partial charge in [-0.15, -0.1) is 71.3 Å². The van der Waals surface area contributed by atoms with E-state index in [1.54, 1.807) is 12.4 Å². The van der Waals surface area contributed by atoms with Crippen LogP contribution in [0.2, 0.25) is 0 Å². The van der Waals surface area contributed by atoms with Crippen LogP contribution in [0.25, 0.3) is 67.1 Å². The van der Waals surface area contributed by atoms with Crippen molar-refractivity contribution in [2.45, 2.75) is 0 Å². The number of nitrogens with zero attached hydrogens (tertiary/aromatic N) is 3. The summed E-state index contributed by atoms with van der Waals surface area (Å²) in [5.74, 6) is 0.819. The molecule has 0 fully saturated rings. The first-order chi connectivity index (χ1) is 22.3. The first kappa shape index (κ1) is 30.5. The van der Waals surface area contributed by atoms with Gasteiger partial charge in [0.15, 0.2) is 0 Å².